The number of nitrogens with one attached hydrogen (secondary N) is 4. The molecule has 2 aromatic carbocycles. The summed E-state index contributed by atoms with van der Waals surface area (Å²) in [5.41, 5.74) is 18.5. The minimum Gasteiger partial charge on any atom is -0.327 e. The first-order chi connectivity index (χ1) is 22.7. The Morgan fingerprint density at radius 1 is 0.522 bits per heavy atom. The molecule has 0 saturated heterocycles. The second kappa shape index (κ2) is 22.7. The fourth-order valence-corrected chi connectivity index (χ4v) is 7.50. The molecular formula is C40H68N6. The van der Waals surface area contributed by atoms with Crippen molar-refractivity contribution in [1.29, 1.82) is 0 Å². The van der Waals surface area contributed by atoms with Crippen molar-refractivity contribution in [3.8, 4) is 11.1 Å². The lowest BCUT2D eigenvalue weighted by molar-refractivity contribution is 0.342. The van der Waals surface area contributed by atoms with Crippen molar-refractivity contribution < 1.29 is 0 Å². The Labute approximate surface area is 282 Å². The lowest BCUT2D eigenvalue weighted by atomic mass is 9.89. The van der Waals surface area contributed by atoms with Crippen molar-refractivity contribution in [2.45, 2.75) is 115 Å². The van der Waals surface area contributed by atoms with E-state index < -0.39 is 0 Å². The second-order valence-electron chi connectivity index (χ2n) is 14.5. The second-order valence-corrected chi connectivity index (χ2v) is 14.5. The number of benzene rings is 2. The molecule has 0 aromatic heterocycles. The van der Waals surface area contributed by atoms with Crippen LogP contribution in [0.2, 0.25) is 0 Å². The zero-order chi connectivity index (χ0) is 32.1. The number of nitrogens with two attached hydrogens (primary N) is 2. The first-order valence-corrected chi connectivity index (χ1v) is 19.2. The van der Waals surface area contributed by atoms with Crippen LogP contribution in [0.5, 0.6) is 0 Å². The van der Waals surface area contributed by atoms with Crippen molar-refractivity contribution >= 4 is 0 Å². The minimum absolute atomic E-state index is 0.144. The maximum atomic E-state index is 6.66. The predicted octanol–water partition coefficient (Wildman–Crippen LogP) is 6.17. The molecule has 2 aromatic rings. The van der Waals surface area contributed by atoms with Crippen LogP contribution >= 0.6 is 0 Å². The Hall–Kier alpha value is -1.80. The van der Waals surface area contributed by atoms with Crippen LogP contribution in [0.25, 0.3) is 11.1 Å². The summed E-state index contributed by atoms with van der Waals surface area (Å²) in [7, 11) is 0. The summed E-state index contributed by atoms with van der Waals surface area (Å²) in [5, 5.41) is 14.6. The van der Waals surface area contributed by atoms with Gasteiger partial charge in [0, 0.05) is 12.1 Å². The van der Waals surface area contributed by atoms with E-state index in [1.807, 2.05) is 0 Å². The standard InChI is InChI=1S/C40H68N6/c41-39(18-24-43-20-10-22-45-31-33-12-4-1-5-13-33)29-35-26-36(28-38(27-35)37-16-8-3-9-17-37)30-40(42)19-25-44-21-11-23-46-32-34-14-6-2-7-15-34/h3,8-9,16-17,26-28,33-34,39-40,43-46H,1-2,4-7,10-15,18-25,29-32,41-42H2. The van der Waals surface area contributed by atoms with E-state index in [1.165, 1.54) is 112 Å². The fourth-order valence-electron chi connectivity index (χ4n) is 7.50. The smallest absolute Gasteiger partial charge is 0.00914 e. The molecular weight excluding hydrogens is 564 g/mol. The van der Waals surface area contributed by atoms with Gasteiger partial charge in [0.05, 0.1) is 0 Å². The van der Waals surface area contributed by atoms with Gasteiger partial charge in [0.2, 0.25) is 0 Å². The summed E-state index contributed by atoms with van der Waals surface area (Å²) in [6.45, 7) is 8.70. The number of hydrogen-bond donors (Lipinski definition) is 6. The third-order valence-electron chi connectivity index (χ3n) is 10.3. The minimum atomic E-state index is 0.144. The Bertz CT molecular complexity index is 973. The summed E-state index contributed by atoms with van der Waals surface area (Å²) in [5.74, 6) is 1.82. The van der Waals surface area contributed by atoms with Gasteiger partial charge >= 0.3 is 0 Å². The fraction of sp³-hybridized carbons (Fsp3) is 0.700. The van der Waals surface area contributed by atoms with Gasteiger partial charge in [-0.1, -0.05) is 87.1 Å². The van der Waals surface area contributed by atoms with Gasteiger partial charge in [-0.05, 0) is 151 Å². The van der Waals surface area contributed by atoms with Gasteiger partial charge in [-0.3, -0.25) is 0 Å². The van der Waals surface area contributed by atoms with Crippen LogP contribution in [0.15, 0.2) is 48.5 Å². The van der Waals surface area contributed by atoms with Gasteiger partial charge in [0.25, 0.3) is 0 Å². The van der Waals surface area contributed by atoms with Crippen LogP contribution in [-0.4, -0.2) is 64.4 Å². The van der Waals surface area contributed by atoms with Gasteiger partial charge in [0.15, 0.2) is 0 Å². The third-order valence-corrected chi connectivity index (χ3v) is 10.3. The maximum Gasteiger partial charge on any atom is 0.00914 e. The molecule has 2 saturated carbocycles. The van der Waals surface area contributed by atoms with Gasteiger partial charge in [0.1, 0.15) is 0 Å². The Morgan fingerprint density at radius 2 is 0.978 bits per heavy atom. The zero-order valence-corrected chi connectivity index (χ0v) is 29.1. The number of hydrogen-bond acceptors (Lipinski definition) is 6. The summed E-state index contributed by atoms with van der Waals surface area (Å²) >= 11 is 0. The van der Waals surface area contributed by atoms with Crippen LogP contribution in [0, 0.1) is 11.8 Å². The zero-order valence-electron chi connectivity index (χ0n) is 29.1. The molecule has 0 aliphatic heterocycles. The molecule has 2 unspecified atom stereocenters. The molecule has 0 radical (unpaired) electrons. The predicted molar refractivity (Wildman–Crippen MR) is 198 cm³/mol. The first kappa shape index (κ1) is 37.0. The lowest BCUT2D eigenvalue weighted by Gasteiger charge is -2.21. The quantitative estimate of drug-likeness (QED) is 0.0820. The van der Waals surface area contributed by atoms with E-state index in [-0.39, 0.29) is 12.1 Å². The molecule has 0 heterocycles. The average Bonchev–Trinajstić information content (AvgIpc) is 3.08. The molecule has 6 nitrogen and oxygen atoms in total. The van der Waals surface area contributed by atoms with Gasteiger partial charge in [-0.2, -0.15) is 0 Å². The molecule has 8 N–H and O–H groups in total. The van der Waals surface area contributed by atoms with Crippen molar-refractivity contribution in [3.05, 3.63) is 59.7 Å². The third kappa shape index (κ3) is 15.4. The SMILES string of the molecule is NC(CCNCCCNCC1CCCCC1)Cc1cc(CC(N)CCNCCCNCC2CCCCC2)cc(-c2ccccc2)c1. The molecule has 0 spiro atoms. The topological polar surface area (TPSA) is 100 Å². The van der Waals surface area contributed by atoms with Crippen molar-refractivity contribution in [2.24, 2.45) is 23.3 Å². The average molecular weight is 633 g/mol. The van der Waals surface area contributed by atoms with E-state index in [0.29, 0.717) is 0 Å². The van der Waals surface area contributed by atoms with Crippen LogP contribution in [0.1, 0.15) is 101 Å². The largest absolute Gasteiger partial charge is 0.327 e. The van der Waals surface area contributed by atoms with Gasteiger partial charge in [-0.15, -0.1) is 0 Å². The molecule has 0 bridgehead atoms. The highest BCUT2D eigenvalue weighted by molar-refractivity contribution is 5.65. The van der Waals surface area contributed by atoms with Crippen LogP contribution < -0.4 is 32.7 Å². The van der Waals surface area contributed by atoms with E-state index in [0.717, 1.165) is 76.8 Å². The van der Waals surface area contributed by atoms with E-state index in [4.69, 9.17) is 11.5 Å². The molecule has 4 rings (SSSR count). The molecule has 2 atom stereocenters. The van der Waals surface area contributed by atoms with E-state index in [1.54, 1.807) is 0 Å². The molecule has 6 heteroatoms. The first-order valence-electron chi connectivity index (χ1n) is 19.2. The highest BCUT2D eigenvalue weighted by Gasteiger charge is 2.14. The molecule has 46 heavy (non-hydrogen) atoms. The Balaban J connectivity index is 1.12. The molecule has 0 amide bonds. The summed E-state index contributed by atoms with van der Waals surface area (Å²) < 4.78 is 0. The van der Waals surface area contributed by atoms with Gasteiger partial charge in [-0.25, -0.2) is 0 Å². The Morgan fingerprint density at radius 3 is 1.46 bits per heavy atom. The lowest BCUT2D eigenvalue weighted by Crippen LogP contribution is -2.31. The normalized spacial score (nSPS) is 17.7. The van der Waals surface area contributed by atoms with E-state index >= 15 is 0 Å². The molecule has 2 fully saturated rings. The molecule has 2 aliphatic rings. The van der Waals surface area contributed by atoms with Gasteiger partial charge < -0.3 is 32.7 Å². The molecule has 258 valence electrons. The van der Waals surface area contributed by atoms with E-state index in [2.05, 4.69) is 69.8 Å². The summed E-state index contributed by atoms with van der Waals surface area (Å²) in [6, 6.07) is 18.0. The van der Waals surface area contributed by atoms with Crippen molar-refractivity contribution in [1.82, 2.24) is 21.3 Å². The highest BCUT2D eigenvalue weighted by atomic mass is 14.9. The van der Waals surface area contributed by atoms with Crippen LogP contribution in [-0.2, 0) is 12.8 Å². The highest BCUT2D eigenvalue weighted by Crippen LogP contribution is 2.25. The summed E-state index contributed by atoms with van der Waals surface area (Å²) in [6.07, 6.45) is 20.4. The Kier molecular flexibility index (Phi) is 18.3. The monoisotopic (exact) mass is 633 g/mol. The maximum absolute atomic E-state index is 6.66. The van der Waals surface area contributed by atoms with Crippen molar-refractivity contribution in [3.63, 3.8) is 0 Å². The number of rotatable bonds is 23. The van der Waals surface area contributed by atoms with E-state index in [9.17, 15) is 0 Å². The van der Waals surface area contributed by atoms with Crippen molar-refractivity contribution in [2.75, 3.05) is 52.4 Å². The summed E-state index contributed by atoms with van der Waals surface area (Å²) in [4.78, 5) is 0. The molecule has 2 aliphatic carbocycles. The van der Waals surface area contributed by atoms with Crippen LogP contribution in [0.4, 0.5) is 0 Å². The van der Waals surface area contributed by atoms with Crippen LogP contribution in [0.3, 0.4) is 0 Å².